The van der Waals surface area contributed by atoms with Gasteiger partial charge in [-0.1, -0.05) is 194 Å². The van der Waals surface area contributed by atoms with Gasteiger partial charge in [-0.05, 0) is 98.1 Å². The minimum Gasteiger partial charge on any atom is -0.310 e. The van der Waals surface area contributed by atoms with Gasteiger partial charge in [0.05, 0.1) is 11.1 Å². The first-order valence-electron chi connectivity index (χ1n) is 21.0. The van der Waals surface area contributed by atoms with Crippen LogP contribution in [0.4, 0.5) is 17.1 Å². The average Bonchev–Trinajstić information content (AvgIpc) is 3.87. The van der Waals surface area contributed by atoms with Gasteiger partial charge in [0.2, 0.25) is 0 Å². The zero-order valence-corrected chi connectivity index (χ0v) is 34.2. The highest BCUT2D eigenvalue weighted by Gasteiger charge is 2.46. The van der Waals surface area contributed by atoms with Gasteiger partial charge in [0.1, 0.15) is 0 Å². The topological polar surface area (TPSA) is 3.24 Å². The molecule has 10 aromatic carbocycles. The maximum Gasteiger partial charge on any atom is 0.0713 e. The van der Waals surface area contributed by atoms with E-state index in [1.807, 2.05) is 11.3 Å². The lowest BCUT2D eigenvalue weighted by molar-refractivity contribution is 0.769. The third kappa shape index (κ3) is 5.53. The molecule has 0 aliphatic heterocycles. The lowest BCUT2D eigenvalue weighted by Crippen LogP contribution is -2.28. The number of hydrogen-bond donors (Lipinski definition) is 0. The average molecular weight is 794 g/mol. The summed E-state index contributed by atoms with van der Waals surface area (Å²) in [5, 5.41) is 5.06. The lowest BCUT2D eigenvalue weighted by atomic mass is 9.67. The first-order chi connectivity index (χ1) is 30.3. The number of anilines is 3. The summed E-state index contributed by atoms with van der Waals surface area (Å²) in [5.41, 5.74) is 15.6. The molecule has 2 heteroatoms. The molecule has 0 amide bonds. The van der Waals surface area contributed by atoms with Gasteiger partial charge in [-0.15, -0.1) is 11.3 Å². The molecule has 0 fully saturated rings. The molecule has 0 N–H and O–H groups in total. The summed E-state index contributed by atoms with van der Waals surface area (Å²) >= 11 is 1.90. The zero-order valence-electron chi connectivity index (χ0n) is 33.4. The van der Waals surface area contributed by atoms with Crippen molar-refractivity contribution in [2.75, 3.05) is 4.90 Å². The van der Waals surface area contributed by atoms with Crippen LogP contribution in [0.5, 0.6) is 0 Å². The van der Waals surface area contributed by atoms with Crippen LogP contribution in [-0.2, 0) is 5.41 Å². The van der Waals surface area contributed by atoms with Gasteiger partial charge in [0, 0.05) is 42.3 Å². The highest BCUT2D eigenvalue weighted by Crippen LogP contribution is 2.57. The van der Waals surface area contributed by atoms with Gasteiger partial charge in [-0.3, -0.25) is 0 Å². The molecule has 0 unspecified atom stereocenters. The molecule has 0 atom stereocenters. The van der Waals surface area contributed by atoms with Crippen molar-refractivity contribution in [2.45, 2.75) is 5.41 Å². The number of rotatable bonds is 7. The Morgan fingerprint density at radius 3 is 1.61 bits per heavy atom. The summed E-state index contributed by atoms with van der Waals surface area (Å²) in [4.78, 5) is 2.43. The molecule has 0 spiro atoms. The van der Waals surface area contributed by atoms with Gasteiger partial charge in [-0.25, -0.2) is 0 Å². The summed E-state index contributed by atoms with van der Waals surface area (Å²) < 4.78 is 2.60. The van der Waals surface area contributed by atoms with Crippen LogP contribution in [0.3, 0.4) is 0 Å². The van der Waals surface area contributed by atoms with Crippen molar-refractivity contribution in [1.29, 1.82) is 0 Å². The van der Waals surface area contributed by atoms with Crippen molar-refractivity contribution in [3.63, 3.8) is 0 Å². The summed E-state index contributed by atoms with van der Waals surface area (Å²) in [6.07, 6.45) is 0. The Labute approximate surface area is 360 Å². The molecule has 11 aromatic rings. The van der Waals surface area contributed by atoms with Gasteiger partial charge < -0.3 is 4.90 Å². The van der Waals surface area contributed by atoms with Crippen LogP contribution in [0.1, 0.15) is 22.3 Å². The van der Waals surface area contributed by atoms with E-state index in [1.54, 1.807) is 0 Å². The predicted octanol–water partition coefficient (Wildman–Crippen LogP) is 16.4. The third-order valence-electron chi connectivity index (χ3n) is 12.7. The third-order valence-corrected chi connectivity index (χ3v) is 13.9. The molecule has 1 aromatic heterocycles. The summed E-state index contributed by atoms with van der Waals surface area (Å²) in [6, 6.07) is 87.2. The standard InChI is InChI=1S/C59H39NS/c1-5-18-40(19-6-1)41-32-35-46(36-33-41)60(45-24-11-4-12-25-45)55-39-52-57-47(29-17-31-56(57)61-58(52)51-28-14-13-27-50(51)55)42-34-37-49-48-26-15-16-30-53(48)59(54(49)38-42,43-20-7-2-8-21-43)44-22-9-3-10-23-44/h1-39H. The van der Waals surface area contributed by atoms with E-state index in [4.69, 9.17) is 0 Å². The first kappa shape index (κ1) is 35.4. The van der Waals surface area contributed by atoms with Crippen LogP contribution in [0, 0.1) is 0 Å². The number of fused-ring (bicyclic) bond motifs is 8. The summed E-state index contributed by atoms with van der Waals surface area (Å²) in [6.45, 7) is 0. The maximum atomic E-state index is 2.50. The van der Waals surface area contributed by atoms with Crippen molar-refractivity contribution in [2.24, 2.45) is 0 Å². The molecule has 61 heavy (non-hydrogen) atoms. The van der Waals surface area contributed by atoms with Crippen molar-refractivity contribution in [1.82, 2.24) is 0 Å². The predicted molar refractivity (Wildman–Crippen MR) is 260 cm³/mol. The van der Waals surface area contributed by atoms with Crippen molar-refractivity contribution < 1.29 is 0 Å². The van der Waals surface area contributed by atoms with E-state index in [1.165, 1.54) is 86.6 Å². The minimum absolute atomic E-state index is 0.468. The number of hydrogen-bond acceptors (Lipinski definition) is 2. The molecule has 286 valence electrons. The Bertz CT molecular complexity index is 3350. The Kier molecular flexibility index (Phi) is 8.33. The number of thiophene rings is 1. The fourth-order valence-electron chi connectivity index (χ4n) is 10.1. The number of para-hydroxylation sites is 1. The molecule has 0 saturated heterocycles. The summed E-state index contributed by atoms with van der Waals surface area (Å²) in [7, 11) is 0. The highest BCUT2D eigenvalue weighted by atomic mass is 32.1. The van der Waals surface area contributed by atoms with Crippen LogP contribution in [0.2, 0.25) is 0 Å². The van der Waals surface area contributed by atoms with E-state index >= 15 is 0 Å². The molecule has 0 radical (unpaired) electrons. The molecule has 1 aliphatic rings. The molecular formula is C59H39NS. The lowest BCUT2D eigenvalue weighted by Gasteiger charge is -2.34. The Morgan fingerprint density at radius 2 is 0.885 bits per heavy atom. The van der Waals surface area contributed by atoms with Crippen LogP contribution < -0.4 is 4.90 Å². The maximum absolute atomic E-state index is 2.50. The molecule has 0 saturated carbocycles. The normalized spacial score (nSPS) is 12.7. The SMILES string of the molecule is c1ccc(-c2ccc(N(c3ccccc3)c3cc4c(sc5cccc(-c6ccc7c(c6)C(c6ccccc6)(c6ccccc6)c6ccccc6-7)c54)c4ccccc34)cc2)cc1. The van der Waals surface area contributed by atoms with Gasteiger partial charge >= 0.3 is 0 Å². The smallest absolute Gasteiger partial charge is 0.0713 e. The van der Waals surface area contributed by atoms with Crippen molar-refractivity contribution >= 4 is 59.3 Å². The van der Waals surface area contributed by atoms with Crippen LogP contribution >= 0.6 is 11.3 Å². The van der Waals surface area contributed by atoms with E-state index < -0.39 is 5.41 Å². The second-order valence-electron chi connectivity index (χ2n) is 16.0. The van der Waals surface area contributed by atoms with E-state index in [9.17, 15) is 0 Å². The Balaban J connectivity index is 1.10. The zero-order chi connectivity index (χ0) is 40.3. The molecular weight excluding hydrogens is 755 g/mol. The van der Waals surface area contributed by atoms with Crippen LogP contribution in [0.15, 0.2) is 237 Å². The highest BCUT2D eigenvalue weighted by molar-refractivity contribution is 7.26. The van der Waals surface area contributed by atoms with Gasteiger partial charge in [0.25, 0.3) is 0 Å². The number of benzene rings is 10. The van der Waals surface area contributed by atoms with Crippen LogP contribution in [0.25, 0.3) is 64.3 Å². The van der Waals surface area contributed by atoms with E-state index in [2.05, 4.69) is 241 Å². The van der Waals surface area contributed by atoms with E-state index in [0.29, 0.717) is 0 Å². The Morgan fingerprint density at radius 1 is 0.344 bits per heavy atom. The fraction of sp³-hybridized carbons (Fsp3) is 0.0169. The summed E-state index contributed by atoms with van der Waals surface area (Å²) in [5.74, 6) is 0. The van der Waals surface area contributed by atoms with Crippen molar-refractivity contribution in [3.05, 3.63) is 259 Å². The van der Waals surface area contributed by atoms with Crippen LogP contribution in [-0.4, -0.2) is 0 Å². The molecule has 1 aliphatic carbocycles. The fourth-order valence-corrected chi connectivity index (χ4v) is 11.4. The Hall–Kier alpha value is -7.52. The number of nitrogens with zero attached hydrogens (tertiary/aromatic N) is 1. The first-order valence-corrected chi connectivity index (χ1v) is 21.8. The monoisotopic (exact) mass is 793 g/mol. The minimum atomic E-state index is -0.468. The van der Waals surface area contributed by atoms with Gasteiger partial charge in [0.15, 0.2) is 0 Å². The largest absolute Gasteiger partial charge is 0.310 e. The molecule has 12 rings (SSSR count). The second-order valence-corrected chi connectivity index (χ2v) is 17.0. The molecule has 0 bridgehead atoms. The molecule has 1 nitrogen and oxygen atoms in total. The second kappa shape index (κ2) is 14.3. The quantitative estimate of drug-likeness (QED) is 0.155. The van der Waals surface area contributed by atoms with E-state index in [-0.39, 0.29) is 0 Å². The van der Waals surface area contributed by atoms with E-state index in [0.717, 1.165) is 17.1 Å². The van der Waals surface area contributed by atoms with Crippen molar-refractivity contribution in [3.8, 4) is 33.4 Å². The molecule has 1 heterocycles. The van der Waals surface area contributed by atoms with Gasteiger partial charge in [-0.2, -0.15) is 0 Å².